The molecule has 0 spiro atoms. The lowest BCUT2D eigenvalue weighted by atomic mass is 10.1. The molecule has 2 N–H and O–H groups in total. The Kier molecular flexibility index (Phi) is 3.92. The molecule has 2 aromatic rings. The van der Waals surface area contributed by atoms with Crippen LogP contribution < -0.4 is 5.73 Å². The Hall–Kier alpha value is -1.39. The van der Waals surface area contributed by atoms with Crippen LogP contribution in [-0.2, 0) is 6.54 Å². The fraction of sp³-hybridized carbons (Fsp3) is 0.357. The lowest BCUT2D eigenvalue weighted by Crippen LogP contribution is -2.09. The van der Waals surface area contributed by atoms with Crippen molar-refractivity contribution < 1.29 is 4.39 Å². The molecule has 19 heavy (non-hydrogen) atoms. The molecular weight excluding hydrogens is 265 g/mol. The minimum Gasteiger partial charge on any atom is -0.324 e. The number of aryl methyl sites for hydroxylation is 1. The maximum absolute atomic E-state index is 13.4. The molecule has 0 saturated heterocycles. The smallest absolute Gasteiger partial charge is 0.142 e. The molecule has 0 aliphatic carbocycles. The van der Waals surface area contributed by atoms with Gasteiger partial charge < -0.3 is 5.73 Å². The fourth-order valence-corrected chi connectivity index (χ4v) is 2.45. The Morgan fingerprint density at radius 1 is 1.42 bits per heavy atom. The molecule has 0 aliphatic heterocycles. The van der Waals surface area contributed by atoms with E-state index in [9.17, 15) is 4.39 Å². The normalized spacial score (nSPS) is 12.7. The first kappa shape index (κ1) is 14.0. The molecule has 5 heteroatoms. The molecule has 0 saturated carbocycles. The molecule has 1 aromatic heterocycles. The third-order valence-electron chi connectivity index (χ3n) is 3.21. The highest BCUT2D eigenvalue weighted by atomic mass is 35.5. The van der Waals surface area contributed by atoms with Crippen molar-refractivity contribution in [2.45, 2.75) is 33.4 Å². The van der Waals surface area contributed by atoms with Crippen LogP contribution in [-0.4, -0.2) is 9.78 Å². The Labute approximate surface area is 117 Å². The first-order valence-corrected chi connectivity index (χ1v) is 6.51. The van der Waals surface area contributed by atoms with Crippen LogP contribution in [0.4, 0.5) is 4.39 Å². The van der Waals surface area contributed by atoms with Gasteiger partial charge in [-0.25, -0.2) is 4.39 Å². The molecule has 1 aromatic carbocycles. The summed E-state index contributed by atoms with van der Waals surface area (Å²) >= 11 is 5.67. The summed E-state index contributed by atoms with van der Waals surface area (Å²) < 4.78 is 15.3. The van der Waals surface area contributed by atoms with Crippen molar-refractivity contribution in [3.63, 3.8) is 0 Å². The van der Waals surface area contributed by atoms with E-state index in [1.807, 2.05) is 25.5 Å². The highest BCUT2D eigenvalue weighted by Gasteiger charge is 2.15. The van der Waals surface area contributed by atoms with Crippen molar-refractivity contribution in [1.29, 1.82) is 0 Å². The Bertz CT molecular complexity index is 605. The second kappa shape index (κ2) is 5.31. The predicted octanol–water partition coefficient (Wildman–Crippen LogP) is 3.36. The van der Waals surface area contributed by atoms with Crippen molar-refractivity contribution in [2.24, 2.45) is 5.73 Å². The Morgan fingerprint density at radius 3 is 2.63 bits per heavy atom. The summed E-state index contributed by atoms with van der Waals surface area (Å²) in [6, 6.07) is 4.73. The van der Waals surface area contributed by atoms with Gasteiger partial charge in [0.25, 0.3) is 0 Å². The van der Waals surface area contributed by atoms with Gasteiger partial charge in [0.1, 0.15) is 5.82 Å². The predicted molar refractivity (Wildman–Crippen MR) is 74.8 cm³/mol. The minimum atomic E-state index is -0.409. The van der Waals surface area contributed by atoms with E-state index in [0.29, 0.717) is 6.54 Å². The molecule has 1 heterocycles. The van der Waals surface area contributed by atoms with Gasteiger partial charge >= 0.3 is 0 Å². The van der Waals surface area contributed by atoms with Gasteiger partial charge in [-0.05, 0) is 38.5 Å². The number of benzene rings is 1. The van der Waals surface area contributed by atoms with Crippen LogP contribution in [0, 0.1) is 19.7 Å². The first-order valence-electron chi connectivity index (χ1n) is 6.13. The molecule has 0 aliphatic rings. The molecule has 0 fully saturated rings. The molecule has 1 atom stereocenters. The van der Waals surface area contributed by atoms with E-state index < -0.39 is 5.82 Å². The number of rotatable bonds is 3. The molecule has 102 valence electrons. The lowest BCUT2D eigenvalue weighted by molar-refractivity contribution is 0.615. The van der Waals surface area contributed by atoms with Gasteiger partial charge in [0.05, 0.1) is 17.3 Å². The molecular formula is C14H17ClFN3. The first-order chi connectivity index (χ1) is 8.90. The molecule has 0 radical (unpaired) electrons. The van der Waals surface area contributed by atoms with E-state index in [4.69, 9.17) is 17.3 Å². The Balaban J connectivity index is 2.33. The zero-order valence-electron chi connectivity index (χ0n) is 11.2. The largest absolute Gasteiger partial charge is 0.324 e. The standard InChI is InChI=1S/C14H17ClFN3/c1-8(17)14-9(2)18-19(10(14)3)7-11-4-5-12(15)13(16)6-11/h4-6,8H,7,17H2,1-3H3. The average molecular weight is 282 g/mol. The van der Waals surface area contributed by atoms with Gasteiger partial charge in [0.2, 0.25) is 0 Å². The average Bonchev–Trinajstić information content (AvgIpc) is 2.59. The highest BCUT2D eigenvalue weighted by Crippen LogP contribution is 2.21. The number of hydrogen-bond acceptors (Lipinski definition) is 2. The van der Waals surface area contributed by atoms with Crippen molar-refractivity contribution in [3.8, 4) is 0 Å². The quantitative estimate of drug-likeness (QED) is 0.937. The maximum Gasteiger partial charge on any atom is 0.142 e. The van der Waals surface area contributed by atoms with Crippen LogP contribution in [0.25, 0.3) is 0 Å². The van der Waals surface area contributed by atoms with E-state index >= 15 is 0 Å². The lowest BCUT2D eigenvalue weighted by Gasteiger charge is -2.08. The zero-order chi connectivity index (χ0) is 14.2. The molecule has 0 amide bonds. The number of aromatic nitrogens is 2. The van der Waals surface area contributed by atoms with Gasteiger partial charge in [-0.3, -0.25) is 4.68 Å². The maximum atomic E-state index is 13.4. The third kappa shape index (κ3) is 2.80. The van der Waals surface area contributed by atoms with Crippen LogP contribution in [0.2, 0.25) is 5.02 Å². The van der Waals surface area contributed by atoms with E-state index in [-0.39, 0.29) is 11.1 Å². The number of halogens is 2. The minimum absolute atomic E-state index is 0.0595. The second-order valence-corrected chi connectivity index (χ2v) is 5.19. The molecule has 2 rings (SSSR count). The van der Waals surface area contributed by atoms with Gasteiger partial charge in [0, 0.05) is 17.3 Å². The highest BCUT2D eigenvalue weighted by molar-refractivity contribution is 6.30. The van der Waals surface area contributed by atoms with Crippen molar-refractivity contribution >= 4 is 11.6 Å². The summed E-state index contributed by atoms with van der Waals surface area (Å²) in [4.78, 5) is 0. The number of nitrogens with zero attached hydrogens (tertiary/aromatic N) is 2. The summed E-state index contributed by atoms with van der Waals surface area (Å²) in [5, 5.41) is 4.59. The summed E-state index contributed by atoms with van der Waals surface area (Å²) in [7, 11) is 0. The monoisotopic (exact) mass is 281 g/mol. The summed E-state index contributed by atoms with van der Waals surface area (Å²) in [6.07, 6.45) is 0. The second-order valence-electron chi connectivity index (χ2n) is 4.78. The molecule has 0 bridgehead atoms. The van der Waals surface area contributed by atoms with Crippen molar-refractivity contribution in [1.82, 2.24) is 9.78 Å². The van der Waals surface area contributed by atoms with E-state index in [0.717, 1.165) is 22.5 Å². The SMILES string of the molecule is Cc1nn(Cc2ccc(Cl)c(F)c2)c(C)c1C(C)N. The van der Waals surface area contributed by atoms with Crippen LogP contribution in [0.5, 0.6) is 0 Å². The molecule has 1 unspecified atom stereocenters. The number of nitrogens with two attached hydrogens (primary N) is 1. The van der Waals surface area contributed by atoms with Gasteiger partial charge in [-0.2, -0.15) is 5.10 Å². The van der Waals surface area contributed by atoms with Crippen LogP contribution in [0.3, 0.4) is 0 Å². The van der Waals surface area contributed by atoms with E-state index in [1.54, 1.807) is 12.1 Å². The van der Waals surface area contributed by atoms with Crippen LogP contribution >= 0.6 is 11.6 Å². The van der Waals surface area contributed by atoms with Crippen molar-refractivity contribution in [2.75, 3.05) is 0 Å². The summed E-state index contributed by atoms with van der Waals surface area (Å²) in [5.41, 5.74) is 9.74. The molecule has 3 nitrogen and oxygen atoms in total. The van der Waals surface area contributed by atoms with Crippen LogP contribution in [0.1, 0.15) is 35.5 Å². The Morgan fingerprint density at radius 2 is 2.11 bits per heavy atom. The number of hydrogen-bond donors (Lipinski definition) is 1. The zero-order valence-corrected chi connectivity index (χ0v) is 12.0. The van der Waals surface area contributed by atoms with Crippen LogP contribution in [0.15, 0.2) is 18.2 Å². The van der Waals surface area contributed by atoms with Gasteiger partial charge in [-0.15, -0.1) is 0 Å². The fourth-order valence-electron chi connectivity index (χ4n) is 2.33. The third-order valence-corrected chi connectivity index (χ3v) is 3.52. The van der Waals surface area contributed by atoms with E-state index in [2.05, 4.69) is 5.10 Å². The topological polar surface area (TPSA) is 43.8 Å². The summed E-state index contributed by atoms with van der Waals surface area (Å²) in [6.45, 7) is 6.35. The van der Waals surface area contributed by atoms with Gasteiger partial charge in [0.15, 0.2) is 0 Å². The summed E-state index contributed by atoms with van der Waals surface area (Å²) in [5.74, 6) is -0.409. The van der Waals surface area contributed by atoms with E-state index in [1.165, 1.54) is 6.07 Å². The van der Waals surface area contributed by atoms with Gasteiger partial charge in [-0.1, -0.05) is 17.7 Å². The van der Waals surface area contributed by atoms with Crippen molar-refractivity contribution in [3.05, 3.63) is 51.6 Å².